The molecule has 6 nitrogen and oxygen atoms in total. The smallest absolute Gasteiger partial charge is 0.243 e. The van der Waals surface area contributed by atoms with Gasteiger partial charge in [-0.1, -0.05) is 25.4 Å². The summed E-state index contributed by atoms with van der Waals surface area (Å²) in [5.41, 5.74) is 0.607. The zero-order chi connectivity index (χ0) is 17.7. The van der Waals surface area contributed by atoms with Crippen molar-refractivity contribution in [3.05, 3.63) is 33.7 Å². The predicted octanol–water partition coefficient (Wildman–Crippen LogP) is 3.45. The fourth-order valence-electron chi connectivity index (χ4n) is 2.25. The number of aromatic nitrogens is 1. The Morgan fingerprint density at radius 1 is 1.33 bits per heavy atom. The maximum Gasteiger partial charge on any atom is 0.243 e. The van der Waals surface area contributed by atoms with Crippen molar-refractivity contribution in [2.24, 2.45) is 0 Å². The van der Waals surface area contributed by atoms with Crippen LogP contribution in [0.15, 0.2) is 29.3 Å². The van der Waals surface area contributed by atoms with Gasteiger partial charge in [-0.2, -0.15) is 4.31 Å². The number of methoxy groups -OCH3 is 1. The number of nitrogens with one attached hydrogen (secondary N) is 1. The van der Waals surface area contributed by atoms with Crippen molar-refractivity contribution in [3.8, 4) is 5.75 Å². The number of benzene rings is 1. The van der Waals surface area contributed by atoms with E-state index in [1.807, 2.05) is 13.8 Å². The lowest BCUT2D eigenvalue weighted by molar-refractivity contribution is 0.415. The molecular weight excluding hydrogens is 370 g/mol. The van der Waals surface area contributed by atoms with E-state index in [4.69, 9.17) is 16.3 Å². The van der Waals surface area contributed by atoms with Gasteiger partial charge in [-0.25, -0.2) is 13.4 Å². The van der Waals surface area contributed by atoms with E-state index in [1.165, 1.54) is 15.6 Å². The highest BCUT2D eigenvalue weighted by atomic mass is 35.5. The van der Waals surface area contributed by atoms with E-state index in [2.05, 4.69) is 10.3 Å². The summed E-state index contributed by atoms with van der Waals surface area (Å²) in [6.07, 6.45) is 1.68. The molecule has 0 spiro atoms. The molecule has 9 heteroatoms. The fraction of sp³-hybridized carbons (Fsp3) is 0.400. The minimum atomic E-state index is -3.52. The second kappa shape index (κ2) is 8.15. The van der Waals surface area contributed by atoms with Crippen LogP contribution >= 0.6 is 22.9 Å². The van der Waals surface area contributed by atoms with Crippen LogP contribution in [-0.2, 0) is 16.6 Å². The zero-order valence-electron chi connectivity index (χ0n) is 13.7. The van der Waals surface area contributed by atoms with Crippen molar-refractivity contribution in [3.63, 3.8) is 0 Å². The number of sulfonamides is 1. The van der Waals surface area contributed by atoms with Crippen LogP contribution in [-0.4, -0.2) is 37.9 Å². The lowest BCUT2D eigenvalue weighted by Crippen LogP contribution is -2.30. The third kappa shape index (κ3) is 4.18. The SMILES string of the molecule is CCN(CC)S(=O)(=O)c1ccc(OC)c(NCc2cnc(Cl)s2)c1. The number of hydrogen-bond acceptors (Lipinski definition) is 6. The summed E-state index contributed by atoms with van der Waals surface area (Å²) in [5, 5.41) is 3.19. The number of thiazole rings is 1. The molecule has 0 saturated carbocycles. The standard InChI is InChI=1S/C15H20ClN3O3S2/c1-4-19(5-2)24(20,21)12-6-7-14(22-3)13(8-12)17-9-11-10-18-15(16)23-11/h6-8,10,17H,4-5,9H2,1-3H3. The van der Waals surface area contributed by atoms with Crippen LogP contribution < -0.4 is 10.1 Å². The molecule has 24 heavy (non-hydrogen) atoms. The summed E-state index contributed by atoms with van der Waals surface area (Å²) in [7, 11) is -1.98. The van der Waals surface area contributed by atoms with E-state index in [9.17, 15) is 8.42 Å². The first-order valence-corrected chi connectivity index (χ1v) is 10.1. The van der Waals surface area contributed by atoms with E-state index in [0.717, 1.165) is 4.88 Å². The Labute approximate surface area is 151 Å². The highest BCUT2D eigenvalue weighted by Gasteiger charge is 2.22. The minimum Gasteiger partial charge on any atom is -0.495 e. The second-order valence-electron chi connectivity index (χ2n) is 4.88. The maximum atomic E-state index is 12.7. The summed E-state index contributed by atoms with van der Waals surface area (Å²) >= 11 is 7.19. The Kier molecular flexibility index (Phi) is 6.45. The Morgan fingerprint density at radius 2 is 2.04 bits per heavy atom. The van der Waals surface area contributed by atoms with Crippen molar-refractivity contribution in [2.45, 2.75) is 25.3 Å². The van der Waals surface area contributed by atoms with E-state index in [-0.39, 0.29) is 4.90 Å². The van der Waals surface area contributed by atoms with E-state index in [0.29, 0.717) is 35.5 Å². The van der Waals surface area contributed by atoms with Gasteiger partial charge in [0, 0.05) is 24.2 Å². The third-order valence-electron chi connectivity index (χ3n) is 3.49. The Balaban J connectivity index is 2.30. The quantitative estimate of drug-likeness (QED) is 0.748. The fourth-order valence-corrected chi connectivity index (χ4v) is 4.65. The van der Waals surface area contributed by atoms with Gasteiger partial charge < -0.3 is 10.1 Å². The molecule has 0 aliphatic carbocycles. The number of rotatable bonds is 8. The van der Waals surface area contributed by atoms with Crippen LogP contribution in [0.1, 0.15) is 18.7 Å². The number of nitrogens with zero attached hydrogens (tertiary/aromatic N) is 2. The lowest BCUT2D eigenvalue weighted by Gasteiger charge is -2.19. The van der Waals surface area contributed by atoms with Crippen molar-refractivity contribution >= 4 is 38.6 Å². The molecule has 0 aliphatic heterocycles. The second-order valence-corrected chi connectivity index (χ2v) is 8.52. The minimum absolute atomic E-state index is 0.233. The van der Waals surface area contributed by atoms with Gasteiger partial charge in [0.25, 0.3) is 0 Å². The first-order valence-electron chi connectivity index (χ1n) is 7.44. The molecule has 1 N–H and O–H groups in total. The van der Waals surface area contributed by atoms with E-state index in [1.54, 1.807) is 31.5 Å². The summed E-state index contributed by atoms with van der Waals surface area (Å²) in [5.74, 6) is 0.573. The van der Waals surface area contributed by atoms with E-state index < -0.39 is 10.0 Å². The van der Waals surface area contributed by atoms with Crippen molar-refractivity contribution in [2.75, 3.05) is 25.5 Å². The first kappa shape index (κ1) is 19.0. The van der Waals surface area contributed by atoms with Gasteiger partial charge in [0.15, 0.2) is 4.47 Å². The molecule has 0 atom stereocenters. The van der Waals surface area contributed by atoms with Gasteiger partial charge in [-0.3, -0.25) is 0 Å². The number of hydrogen-bond donors (Lipinski definition) is 1. The van der Waals surface area contributed by atoms with Crippen LogP contribution in [0.5, 0.6) is 5.75 Å². The largest absolute Gasteiger partial charge is 0.495 e. The van der Waals surface area contributed by atoms with Crippen molar-refractivity contribution in [1.82, 2.24) is 9.29 Å². The lowest BCUT2D eigenvalue weighted by atomic mass is 10.3. The number of halogens is 1. The number of ether oxygens (including phenoxy) is 1. The van der Waals surface area contributed by atoms with Crippen LogP contribution in [0.3, 0.4) is 0 Å². The summed E-state index contributed by atoms with van der Waals surface area (Å²) in [6.45, 7) is 4.96. The predicted molar refractivity (Wildman–Crippen MR) is 97.6 cm³/mol. The molecule has 0 amide bonds. The van der Waals surface area contributed by atoms with Crippen LogP contribution in [0.4, 0.5) is 5.69 Å². The van der Waals surface area contributed by atoms with Gasteiger partial charge in [0.05, 0.1) is 24.2 Å². The monoisotopic (exact) mass is 389 g/mol. The molecule has 132 valence electrons. The molecule has 0 unspecified atom stereocenters. The molecule has 2 rings (SSSR count). The van der Waals surface area contributed by atoms with Crippen LogP contribution in [0.25, 0.3) is 0 Å². The molecule has 0 bridgehead atoms. The molecule has 1 heterocycles. The Hall–Kier alpha value is -1.35. The summed E-state index contributed by atoms with van der Waals surface area (Å²) in [4.78, 5) is 5.16. The average Bonchev–Trinajstić information content (AvgIpc) is 2.99. The highest BCUT2D eigenvalue weighted by molar-refractivity contribution is 7.89. The Morgan fingerprint density at radius 3 is 2.58 bits per heavy atom. The molecule has 0 radical (unpaired) electrons. The van der Waals surface area contributed by atoms with E-state index >= 15 is 0 Å². The first-order chi connectivity index (χ1) is 11.4. The summed E-state index contributed by atoms with van der Waals surface area (Å²) in [6, 6.07) is 4.80. The van der Waals surface area contributed by atoms with Crippen LogP contribution in [0.2, 0.25) is 4.47 Å². The zero-order valence-corrected chi connectivity index (χ0v) is 16.1. The topological polar surface area (TPSA) is 71.5 Å². The molecular formula is C15H20ClN3O3S2. The Bertz CT molecular complexity index is 789. The van der Waals surface area contributed by atoms with Crippen LogP contribution in [0, 0.1) is 0 Å². The molecule has 1 aromatic heterocycles. The molecule has 0 saturated heterocycles. The average molecular weight is 390 g/mol. The molecule has 2 aromatic rings. The van der Waals surface area contributed by atoms with Gasteiger partial charge in [-0.15, -0.1) is 11.3 Å². The number of anilines is 1. The van der Waals surface area contributed by atoms with Gasteiger partial charge >= 0.3 is 0 Å². The van der Waals surface area contributed by atoms with Crippen molar-refractivity contribution in [1.29, 1.82) is 0 Å². The van der Waals surface area contributed by atoms with Gasteiger partial charge in [0.2, 0.25) is 10.0 Å². The summed E-state index contributed by atoms with van der Waals surface area (Å²) < 4.78 is 32.5. The molecule has 0 fully saturated rings. The third-order valence-corrected chi connectivity index (χ3v) is 6.65. The van der Waals surface area contributed by atoms with Crippen molar-refractivity contribution < 1.29 is 13.2 Å². The maximum absolute atomic E-state index is 12.7. The van der Waals surface area contributed by atoms with Gasteiger partial charge in [0.1, 0.15) is 5.75 Å². The van der Waals surface area contributed by atoms with Gasteiger partial charge in [-0.05, 0) is 18.2 Å². The molecule has 1 aromatic carbocycles. The molecule has 0 aliphatic rings. The highest BCUT2D eigenvalue weighted by Crippen LogP contribution is 2.30. The normalized spacial score (nSPS) is 11.7.